The molecule has 0 saturated carbocycles. The molecule has 0 radical (unpaired) electrons. The van der Waals surface area contributed by atoms with E-state index in [-0.39, 0.29) is 5.91 Å². The van der Waals surface area contributed by atoms with Crippen molar-refractivity contribution in [2.75, 3.05) is 13.1 Å². The maximum atomic E-state index is 11.5. The summed E-state index contributed by atoms with van der Waals surface area (Å²) in [6, 6.07) is 0.591. The molecule has 0 aromatic heterocycles. The van der Waals surface area contributed by atoms with Crippen molar-refractivity contribution < 1.29 is 4.79 Å². The van der Waals surface area contributed by atoms with Gasteiger partial charge in [-0.25, -0.2) is 0 Å². The molecule has 4 heteroatoms. The summed E-state index contributed by atoms with van der Waals surface area (Å²) >= 11 is 0. The molecule has 1 amide bonds. The zero-order valence-corrected chi connectivity index (χ0v) is 10.6. The minimum atomic E-state index is 0.127. The predicted octanol–water partition coefficient (Wildman–Crippen LogP) is 1.28. The Morgan fingerprint density at radius 3 is 2.88 bits per heavy atom. The molecule has 1 atom stereocenters. The first-order valence-electron chi connectivity index (χ1n) is 6.62. The number of allylic oxidation sites excluding steroid dienone is 1. The van der Waals surface area contributed by atoms with Crippen LogP contribution in [0, 0.1) is 0 Å². The van der Waals surface area contributed by atoms with E-state index < -0.39 is 0 Å². The van der Waals surface area contributed by atoms with E-state index >= 15 is 0 Å². The van der Waals surface area contributed by atoms with Crippen molar-refractivity contribution in [2.24, 2.45) is 5.73 Å². The Hall–Kier alpha value is -1.03. The number of piperidine rings is 1. The molecule has 1 rings (SSSR count). The standard InChI is InChI=1S/C13H25N3O/c1-11(14)5-4-7-13(17)16-10-8-12-6-2-3-9-15-12/h12,15H,1-10,14H2,(H,16,17). The average molecular weight is 239 g/mol. The van der Waals surface area contributed by atoms with Gasteiger partial charge in [0, 0.05) is 24.7 Å². The molecule has 1 saturated heterocycles. The highest BCUT2D eigenvalue weighted by Crippen LogP contribution is 2.09. The van der Waals surface area contributed by atoms with Crippen LogP contribution < -0.4 is 16.4 Å². The highest BCUT2D eigenvalue weighted by Gasteiger charge is 2.12. The Morgan fingerprint density at radius 2 is 2.24 bits per heavy atom. The van der Waals surface area contributed by atoms with Crippen LogP contribution in [0.2, 0.25) is 0 Å². The molecule has 4 nitrogen and oxygen atoms in total. The van der Waals surface area contributed by atoms with E-state index in [4.69, 9.17) is 5.73 Å². The molecule has 17 heavy (non-hydrogen) atoms. The topological polar surface area (TPSA) is 67.2 Å². The summed E-state index contributed by atoms with van der Waals surface area (Å²) < 4.78 is 0. The SMILES string of the molecule is C=C(N)CCCC(=O)NCCC1CCCCN1. The van der Waals surface area contributed by atoms with Crippen molar-refractivity contribution in [3.63, 3.8) is 0 Å². The summed E-state index contributed by atoms with van der Waals surface area (Å²) in [7, 11) is 0. The molecule has 1 fully saturated rings. The number of rotatable bonds is 7. The first-order chi connectivity index (χ1) is 8.18. The van der Waals surface area contributed by atoms with Gasteiger partial charge in [-0.3, -0.25) is 4.79 Å². The van der Waals surface area contributed by atoms with Gasteiger partial charge >= 0.3 is 0 Å². The van der Waals surface area contributed by atoms with E-state index in [1.807, 2.05) is 0 Å². The van der Waals surface area contributed by atoms with Gasteiger partial charge in [-0.2, -0.15) is 0 Å². The lowest BCUT2D eigenvalue weighted by molar-refractivity contribution is -0.121. The molecule has 1 unspecified atom stereocenters. The lowest BCUT2D eigenvalue weighted by Crippen LogP contribution is -2.37. The maximum absolute atomic E-state index is 11.5. The largest absolute Gasteiger partial charge is 0.403 e. The maximum Gasteiger partial charge on any atom is 0.220 e. The van der Waals surface area contributed by atoms with Crippen molar-refractivity contribution in [2.45, 2.75) is 51.0 Å². The van der Waals surface area contributed by atoms with Gasteiger partial charge in [-0.05, 0) is 38.6 Å². The number of amides is 1. The number of carbonyl (C=O) groups is 1. The van der Waals surface area contributed by atoms with Crippen LogP contribution in [0.1, 0.15) is 44.9 Å². The summed E-state index contributed by atoms with van der Waals surface area (Å²) in [6.45, 7) is 5.51. The van der Waals surface area contributed by atoms with Crippen LogP contribution in [0.3, 0.4) is 0 Å². The first kappa shape index (κ1) is 14.0. The first-order valence-corrected chi connectivity index (χ1v) is 6.62. The minimum absolute atomic E-state index is 0.127. The summed E-state index contributed by atoms with van der Waals surface area (Å²) in [5.41, 5.74) is 6.10. The molecule has 0 bridgehead atoms. The summed E-state index contributed by atoms with van der Waals surface area (Å²) in [5, 5.41) is 6.43. The van der Waals surface area contributed by atoms with Crippen molar-refractivity contribution in [1.82, 2.24) is 10.6 Å². The Morgan fingerprint density at radius 1 is 1.41 bits per heavy atom. The van der Waals surface area contributed by atoms with Gasteiger partial charge < -0.3 is 16.4 Å². The minimum Gasteiger partial charge on any atom is -0.403 e. The van der Waals surface area contributed by atoms with Crippen LogP contribution in [-0.4, -0.2) is 25.0 Å². The molecule has 0 aromatic rings. The second-order valence-electron chi connectivity index (χ2n) is 4.80. The highest BCUT2D eigenvalue weighted by atomic mass is 16.1. The Balaban J connectivity index is 1.97. The van der Waals surface area contributed by atoms with Gasteiger partial charge in [0.25, 0.3) is 0 Å². The predicted molar refractivity (Wildman–Crippen MR) is 70.4 cm³/mol. The van der Waals surface area contributed by atoms with Gasteiger partial charge in [0.15, 0.2) is 0 Å². The van der Waals surface area contributed by atoms with E-state index in [1.165, 1.54) is 19.3 Å². The summed E-state index contributed by atoms with van der Waals surface area (Å²) in [4.78, 5) is 11.5. The summed E-state index contributed by atoms with van der Waals surface area (Å²) in [6.07, 6.45) is 6.95. The third kappa shape index (κ3) is 7.00. The van der Waals surface area contributed by atoms with Crippen LogP contribution >= 0.6 is 0 Å². The van der Waals surface area contributed by atoms with Gasteiger partial charge in [-0.15, -0.1) is 0 Å². The number of nitrogens with one attached hydrogen (secondary N) is 2. The van der Waals surface area contributed by atoms with Crippen LogP contribution in [0.15, 0.2) is 12.3 Å². The molecule has 0 aromatic carbocycles. The summed E-state index contributed by atoms with van der Waals surface area (Å²) in [5.74, 6) is 0.127. The van der Waals surface area contributed by atoms with Crippen molar-refractivity contribution >= 4 is 5.91 Å². The Labute approximate surface area is 104 Å². The van der Waals surface area contributed by atoms with Crippen LogP contribution in [-0.2, 0) is 4.79 Å². The fraction of sp³-hybridized carbons (Fsp3) is 0.769. The fourth-order valence-corrected chi connectivity index (χ4v) is 2.12. The molecule has 1 aliphatic rings. The lowest BCUT2D eigenvalue weighted by Gasteiger charge is -2.23. The second-order valence-corrected chi connectivity index (χ2v) is 4.80. The smallest absolute Gasteiger partial charge is 0.220 e. The van der Waals surface area contributed by atoms with Gasteiger partial charge in [0.1, 0.15) is 0 Å². The number of hydrogen-bond donors (Lipinski definition) is 3. The highest BCUT2D eigenvalue weighted by molar-refractivity contribution is 5.75. The third-order valence-electron chi connectivity index (χ3n) is 3.13. The van der Waals surface area contributed by atoms with E-state index in [0.29, 0.717) is 18.2 Å². The van der Waals surface area contributed by atoms with Crippen molar-refractivity contribution in [3.8, 4) is 0 Å². The molecular weight excluding hydrogens is 214 g/mol. The number of hydrogen-bond acceptors (Lipinski definition) is 3. The van der Waals surface area contributed by atoms with E-state index in [0.717, 1.165) is 32.4 Å². The van der Waals surface area contributed by atoms with Gasteiger partial charge in [0.2, 0.25) is 5.91 Å². The Bertz CT molecular complexity index is 247. The van der Waals surface area contributed by atoms with E-state index in [2.05, 4.69) is 17.2 Å². The fourth-order valence-electron chi connectivity index (χ4n) is 2.12. The van der Waals surface area contributed by atoms with E-state index in [9.17, 15) is 4.79 Å². The normalized spacial score (nSPS) is 19.9. The average Bonchev–Trinajstić information content (AvgIpc) is 2.30. The van der Waals surface area contributed by atoms with Crippen molar-refractivity contribution in [1.29, 1.82) is 0 Å². The number of carbonyl (C=O) groups excluding carboxylic acids is 1. The second kappa shape index (κ2) is 8.12. The van der Waals surface area contributed by atoms with Crippen LogP contribution in [0.4, 0.5) is 0 Å². The van der Waals surface area contributed by atoms with Crippen LogP contribution in [0.5, 0.6) is 0 Å². The lowest BCUT2D eigenvalue weighted by atomic mass is 10.0. The molecule has 4 N–H and O–H groups in total. The molecule has 98 valence electrons. The monoisotopic (exact) mass is 239 g/mol. The molecular formula is C13H25N3O. The van der Waals surface area contributed by atoms with Crippen molar-refractivity contribution in [3.05, 3.63) is 12.3 Å². The van der Waals surface area contributed by atoms with Crippen LogP contribution in [0.25, 0.3) is 0 Å². The molecule has 0 spiro atoms. The van der Waals surface area contributed by atoms with Gasteiger partial charge in [0.05, 0.1) is 0 Å². The van der Waals surface area contributed by atoms with Gasteiger partial charge in [-0.1, -0.05) is 13.0 Å². The molecule has 0 aliphatic carbocycles. The zero-order valence-electron chi connectivity index (χ0n) is 10.6. The number of nitrogens with two attached hydrogens (primary N) is 1. The zero-order chi connectivity index (χ0) is 12.5. The third-order valence-corrected chi connectivity index (χ3v) is 3.13. The molecule has 1 heterocycles. The Kier molecular flexibility index (Phi) is 6.70. The quantitative estimate of drug-likeness (QED) is 0.627. The van der Waals surface area contributed by atoms with E-state index in [1.54, 1.807) is 0 Å². The molecule has 1 aliphatic heterocycles.